The first kappa shape index (κ1) is 17.4. The van der Waals surface area contributed by atoms with Crippen LogP contribution in [0.3, 0.4) is 0 Å². The lowest BCUT2D eigenvalue weighted by Crippen LogP contribution is -2.42. The maximum Gasteiger partial charge on any atom is 0.269 e. The Morgan fingerprint density at radius 2 is 2.10 bits per heavy atom. The molecule has 1 aliphatic heterocycles. The first-order valence-electron chi connectivity index (χ1n) is 6.80. The van der Waals surface area contributed by atoms with E-state index < -0.39 is 4.92 Å². The number of piperidine rings is 1. The molecule has 1 aliphatic rings. The van der Waals surface area contributed by atoms with Gasteiger partial charge in [0.05, 0.1) is 4.92 Å². The summed E-state index contributed by atoms with van der Waals surface area (Å²) in [5, 5.41) is 13.7. The lowest BCUT2D eigenvalue weighted by Gasteiger charge is -2.32. The van der Waals surface area contributed by atoms with Crippen LogP contribution in [0.25, 0.3) is 0 Å². The molecule has 0 radical (unpaired) electrons. The lowest BCUT2D eigenvalue weighted by atomic mass is 9.97. The fourth-order valence-electron chi connectivity index (χ4n) is 2.61. The number of nitrogens with one attached hydrogen (secondary N) is 1. The van der Waals surface area contributed by atoms with Crippen LogP contribution in [0.1, 0.15) is 23.2 Å². The molecule has 1 heterocycles. The Bertz CT molecular complexity index is 491. The second-order valence-corrected chi connectivity index (χ2v) is 5.12. The van der Waals surface area contributed by atoms with Crippen molar-refractivity contribution < 1.29 is 9.72 Å². The highest BCUT2D eigenvalue weighted by Gasteiger charge is 2.24. The average molecular weight is 314 g/mol. The topological polar surface area (TPSA) is 75.5 Å². The molecule has 1 fully saturated rings. The third-order valence-corrected chi connectivity index (χ3v) is 3.62. The summed E-state index contributed by atoms with van der Waals surface area (Å²) in [6.45, 7) is 2.41. The molecule has 0 aromatic heterocycles. The summed E-state index contributed by atoms with van der Waals surface area (Å²) in [6, 6.07) is 5.81. The van der Waals surface area contributed by atoms with Crippen molar-refractivity contribution in [3.05, 3.63) is 39.9 Å². The Kier molecular flexibility index (Phi) is 6.58. The van der Waals surface area contributed by atoms with Gasteiger partial charge in [-0.05, 0) is 44.5 Å². The van der Waals surface area contributed by atoms with Gasteiger partial charge in [-0.3, -0.25) is 14.9 Å². The fraction of sp³-hybridized carbons (Fsp3) is 0.500. The standard InChI is InChI=1S/C14H19N3O3.ClH/c1-15-9-11-3-2-8-16(10-11)14(18)12-4-6-13(7-5-12)17(19)20;/h4-7,11,15H,2-3,8-10H2,1H3;1H. The maximum absolute atomic E-state index is 12.4. The number of nitro groups is 1. The first-order valence-corrected chi connectivity index (χ1v) is 6.80. The predicted molar refractivity (Wildman–Crippen MR) is 82.9 cm³/mol. The van der Waals surface area contributed by atoms with Crippen LogP contribution in [-0.4, -0.2) is 42.4 Å². The van der Waals surface area contributed by atoms with Crippen molar-refractivity contribution in [1.29, 1.82) is 0 Å². The van der Waals surface area contributed by atoms with Gasteiger partial charge in [-0.25, -0.2) is 0 Å². The predicted octanol–water partition coefficient (Wildman–Crippen LogP) is 2.09. The third kappa shape index (κ3) is 4.41. The quantitative estimate of drug-likeness (QED) is 0.682. The number of halogens is 1. The van der Waals surface area contributed by atoms with Crippen molar-refractivity contribution in [2.24, 2.45) is 5.92 Å². The van der Waals surface area contributed by atoms with E-state index in [1.54, 1.807) is 0 Å². The van der Waals surface area contributed by atoms with Gasteiger partial charge in [-0.15, -0.1) is 12.4 Å². The SMILES string of the molecule is CNCC1CCCN(C(=O)c2ccc([N+](=O)[O-])cc2)C1.Cl. The summed E-state index contributed by atoms with van der Waals surface area (Å²) in [7, 11) is 1.91. The zero-order chi connectivity index (χ0) is 14.5. The molecule has 0 bridgehead atoms. The third-order valence-electron chi connectivity index (χ3n) is 3.62. The van der Waals surface area contributed by atoms with Crippen LogP contribution in [0.5, 0.6) is 0 Å². The Hall–Kier alpha value is -1.66. The van der Waals surface area contributed by atoms with Crippen LogP contribution in [0.4, 0.5) is 5.69 Å². The molecule has 0 spiro atoms. The van der Waals surface area contributed by atoms with E-state index in [1.807, 2.05) is 11.9 Å². The van der Waals surface area contributed by atoms with E-state index in [-0.39, 0.29) is 24.0 Å². The Morgan fingerprint density at radius 1 is 1.43 bits per heavy atom. The molecule has 1 unspecified atom stereocenters. The number of hydrogen-bond donors (Lipinski definition) is 1. The molecule has 1 atom stereocenters. The molecule has 1 aromatic rings. The van der Waals surface area contributed by atoms with Gasteiger partial charge in [0.15, 0.2) is 0 Å². The van der Waals surface area contributed by atoms with Crippen molar-refractivity contribution in [2.75, 3.05) is 26.7 Å². The minimum Gasteiger partial charge on any atom is -0.338 e. The monoisotopic (exact) mass is 313 g/mol. The van der Waals surface area contributed by atoms with Gasteiger partial charge in [0.25, 0.3) is 11.6 Å². The fourth-order valence-corrected chi connectivity index (χ4v) is 2.61. The molecular weight excluding hydrogens is 294 g/mol. The van der Waals surface area contributed by atoms with Crippen LogP contribution >= 0.6 is 12.4 Å². The normalized spacial score (nSPS) is 18.0. The molecule has 1 amide bonds. The molecule has 1 saturated heterocycles. The zero-order valence-electron chi connectivity index (χ0n) is 11.9. The summed E-state index contributed by atoms with van der Waals surface area (Å²) < 4.78 is 0. The molecule has 21 heavy (non-hydrogen) atoms. The number of nitro benzene ring substituents is 1. The number of benzene rings is 1. The minimum atomic E-state index is -0.460. The van der Waals surface area contributed by atoms with Crippen molar-refractivity contribution in [3.8, 4) is 0 Å². The van der Waals surface area contributed by atoms with Gasteiger partial charge in [0.1, 0.15) is 0 Å². The highest BCUT2D eigenvalue weighted by atomic mass is 35.5. The first-order chi connectivity index (χ1) is 9.61. The molecule has 0 saturated carbocycles. The lowest BCUT2D eigenvalue weighted by molar-refractivity contribution is -0.384. The van der Waals surface area contributed by atoms with Gasteiger partial charge in [-0.2, -0.15) is 0 Å². The van der Waals surface area contributed by atoms with E-state index >= 15 is 0 Å². The maximum atomic E-state index is 12.4. The number of hydrogen-bond acceptors (Lipinski definition) is 4. The van der Waals surface area contributed by atoms with Crippen LogP contribution < -0.4 is 5.32 Å². The Balaban J connectivity index is 0.00000220. The molecule has 2 rings (SSSR count). The second kappa shape index (κ2) is 7.95. The molecule has 1 N–H and O–H groups in total. The summed E-state index contributed by atoms with van der Waals surface area (Å²) >= 11 is 0. The second-order valence-electron chi connectivity index (χ2n) is 5.12. The number of nitrogens with zero attached hydrogens (tertiary/aromatic N) is 2. The van der Waals surface area contributed by atoms with E-state index in [1.165, 1.54) is 24.3 Å². The van der Waals surface area contributed by atoms with Crippen molar-refractivity contribution in [2.45, 2.75) is 12.8 Å². The van der Waals surface area contributed by atoms with Gasteiger partial charge >= 0.3 is 0 Å². The van der Waals surface area contributed by atoms with Crippen molar-refractivity contribution in [1.82, 2.24) is 10.2 Å². The van der Waals surface area contributed by atoms with Crippen molar-refractivity contribution >= 4 is 24.0 Å². The van der Waals surface area contributed by atoms with E-state index in [0.717, 1.165) is 32.5 Å². The van der Waals surface area contributed by atoms with Crippen LogP contribution in [0.2, 0.25) is 0 Å². The zero-order valence-corrected chi connectivity index (χ0v) is 12.8. The number of non-ortho nitro benzene ring substituents is 1. The highest BCUT2D eigenvalue weighted by Crippen LogP contribution is 2.19. The highest BCUT2D eigenvalue weighted by molar-refractivity contribution is 5.94. The van der Waals surface area contributed by atoms with E-state index in [9.17, 15) is 14.9 Å². The molecule has 6 nitrogen and oxygen atoms in total. The average Bonchev–Trinajstić information content (AvgIpc) is 2.47. The van der Waals surface area contributed by atoms with Crippen molar-refractivity contribution in [3.63, 3.8) is 0 Å². The Labute approximate surface area is 130 Å². The van der Waals surface area contributed by atoms with E-state index in [2.05, 4.69) is 5.32 Å². The number of carbonyl (C=O) groups is 1. The summed E-state index contributed by atoms with van der Waals surface area (Å²) in [6.07, 6.45) is 2.13. The van der Waals surface area contributed by atoms with E-state index in [4.69, 9.17) is 0 Å². The van der Waals surface area contributed by atoms with E-state index in [0.29, 0.717) is 11.5 Å². The molecular formula is C14H20ClN3O3. The van der Waals surface area contributed by atoms with Gasteiger partial charge in [0, 0.05) is 30.8 Å². The smallest absolute Gasteiger partial charge is 0.269 e. The summed E-state index contributed by atoms with van der Waals surface area (Å²) in [5.74, 6) is 0.441. The molecule has 0 aliphatic carbocycles. The molecule has 1 aromatic carbocycles. The summed E-state index contributed by atoms with van der Waals surface area (Å²) in [5.41, 5.74) is 0.522. The number of carbonyl (C=O) groups excluding carboxylic acids is 1. The number of likely N-dealkylation sites (tertiary alicyclic amines) is 1. The minimum absolute atomic E-state index is 0. The molecule has 116 valence electrons. The summed E-state index contributed by atoms with van der Waals surface area (Å²) in [4.78, 5) is 24.3. The largest absolute Gasteiger partial charge is 0.338 e. The number of rotatable bonds is 4. The number of amides is 1. The van der Waals surface area contributed by atoms with Crippen LogP contribution in [-0.2, 0) is 0 Å². The van der Waals surface area contributed by atoms with Crippen LogP contribution in [0.15, 0.2) is 24.3 Å². The van der Waals surface area contributed by atoms with Gasteiger partial charge < -0.3 is 10.2 Å². The van der Waals surface area contributed by atoms with Gasteiger partial charge in [0.2, 0.25) is 0 Å². The Morgan fingerprint density at radius 3 is 2.67 bits per heavy atom. The van der Waals surface area contributed by atoms with Gasteiger partial charge in [-0.1, -0.05) is 0 Å². The molecule has 7 heteroatoms. The van der Waals surface area contributed by atoms with Crippen LogP contribution in [0, 0.1) is 16.0 Å².